The third-order valence-corrected chi connectivity index (χ3v) is 7.28. The summed E-state index contributed by atoms with van der Waals surface area (Å²) in [4.78, 5) is 23.7. The molecule has 5 nitrogen and oxygen atoms in total. The van der Waals surface area contributed by atoms with E-state index in [4.69, 9.17) is 11.6 Å². The highest BCUT2D eigenvalue weighted by Crippen LogP contribution is 2.34. The lowest BCUT2D eigenvalue weighted by Gasteiger charge is -2.43. The molecule has 0 atom stereocenters. The van der Waals surface area contributed by atoms with Crippen LogP contribution in [0.25, 0.3) is 10.2 Å². The number of piperazine rings is 1. The van der Waals surface area contributed by atoms with Gasteiger partial charge in [0.25, 0.3) is 0 Å². The molecule has 2 saturated heterocycles. The number of hydrogen-bond donors (Lipinski definition) is 0. The van der Waals surface area contributed by atoms with Gasteiger partial charge in [-0.15, -0.1) is 0 Å². The topological polar surface area (TPSA) is 39.7 Å². The number of amides is 1. The van der Waals surface area contributed by atoms with E-state index < -0.39 is 0 Å². The van der Waals surface area contributed by atoms with E-state index in [1.54, 1.807) is 6.07 Å². The molecule has 0 spiro atoms. The first kappa shape index (κ1) is 19.6. The third-order valence-electron chi connectivity index (χ3n) is 5.96. The maximum absolute atomic E-state index is 13.9. The zero-order chi connectivity index (χ0) is 20.8. The molecular formula is C22H22ClFN4OS. The molecule has 0 aliphatic carbocycles. The Kier molecular flexibility index (Phi) is 5.03. The number of rotatable bonds is 3. The van der Waals surface area contributed by atoms with E-state index >= 15 is 0 Å². The Labute approximate surface area is 183 Å². The largest absolute Gasteiger partial charge is 0.368 e. The fraction of sp³-hybridized carbons (Fsp3) is 0.364. The van der Waals surface area contributed by atoms with Crippen LogP contribution >= 0.6 is 22.9 Å². The quantitative estimate of drug-likeness (QED) is 0.607. The van der Waals surface area contributed by atoms with Gasteiger partial charge in [-0.2, -0.15) is 0 Å². The SMILES string of the molecule is Cc1ccc(Cl)cc1N1CCN(C(=O)C2CN(c3nc4c(F)cccc4s3)C2)CC1. The average molecular weight is 445 g/mol. The van der Waals surface area contributed by atoms with Crippen molar-refractivity contribution in [2.75, 3.05) is 49.1 Å². The van der Waals surface area contributed by atoms with Crippen LogP contribution in [0, 0.1) is 18.7 Å². The number of carbonyl (C=O) groups is 1. The van der Waals surface area contributed by atoms with Crippen LogP contribution in [0.3, 0.4) is 0 Å². The van der Waals surface area contributed by atoms with Gasteiger partial charge in [-0.25, -0.2) is 9.37 Å². The molecule has 1 aromatic heterocycles. The molecule has 2 aromatic carbocycles. The highest BCUT2D eigenvalue weighted by atomic mass is 35.5. The molecule has 0 unspecified atom stereocenters. The van der Waals surface area contributed by atoms with Crippen LogP contribution in [0.1, 0.15) is 5.56 Å². The number of aromatic nitrogens is 1. The summed E-state index contributed by atoms with van der Waals surface area (Å²) in [5.41, 5.74) is 2.76. The lowest BCUT2D eigenvalue weighted by molar-refractivity contribution is -0.136. The van der Waals surface area contributed by atoms with Crippen LogP contribution in [0.2, 0.25) is 5.02 Å². The van der Waals surface area contributed by atoms with Crippen molar-refractivity contribution in [1.29, 1.82) is 0 Å². The van der Waals surface area contributed by atoms with Gasteiger partial charge in [0.2, 0.25) is 5.91 Å². The molecule has 2 aliphatic heterocycles. The highest BCUT2D eigenvalue weighted by molar-refractivity contribution is 7.22. The van der Waals surface area contributed by atoms with Gasteiger partial charge < -0.3 is 14.7 Å². The summed E-state index contributed by atoms with van der Waals surface area (Å²) in [6, 6.07) is 10.9. The highest BCUT2D eigenvalue weighted by Gasteiger charge is 2.37. The predicted octanol–water partition coefficient (Wildman–Crippen LogP) is 4.18. The normalized spacial score (nSPS) is 17.5. The molecule has 0 bridgehead atoms. The van der Waals surface area contributed by atoms with E-state index in [1.165, 1.54) is 23.0 Å². The zero-order valence-electron chi connectivity index (χ0n) is 16.6. The van der Waals surface area contributed by atoms with Crippen LogP contribution in [0.5, 0.6) is 0 Å². The fourth-order valence-corrected chi connectivity index (χ4v) is 5.34. The number of aryl methyl sites for hydroxylation is 1. The number of thiazole rings is 1. The molecule has 2 fully saturated rings. The van der Waals surface area contributed by atoms with Crippen molar-refractivity contribution in [3.05, 3.63) is 52.8 Å². The number of fused-ring (bicyclic) bond motifs is 1. The van der Waals surface area contributed by atoms with Crippen molar-refractivity contribution in [3.8, 4) is 0 Å². The molecule has 2 aliphatic rings. The second-order valence-corrected chi connectivity index (χ2v) is 9.37. The molecule has 30 heavy (non-hydrogen) atoms. The first-order valence-electron chi connectivity index (χ1n) is 10.1. The lowest BCUT2D eigenvalue weighted by atomic mass is 9.98. The minimum atomic E-state index is -0.295. The number of halogens is 2. The summed E-state index contributed by atoms with van der Waals surface area (Å²) < 4.78 is 14.7. The number of nitrogens with zero attached hydrogens (tertiary/aromatic N) is 4. The Morgan fingerprint density at radius 1 is 1.13 bits per heavy atom. The Morgan fingerprint density at radius 2 is 1.90 bits per heavy atom. The zero-order valence-corrected chi connectivity index (χ0v) is 18.2. The van der Waals surface area contributed by atoms with Crippen molar-refractivity contribution in [2.24, 2.45) is 5.92 Å². The molecule has 156 valence electrons. The average Bonchev–Trinajstić information content (AvgIpc) is 3.14. The Morgan fingerprint density at radius 3 is 2.63 bits per heavy atom. The molecule has 3 aromatic rings. The van der Waals surface area contributed by atoms with E-state index in [-0.39, 0.29) is 17.6 Å². The third kappa shape index (κ3) is 3.50. The summed E-state index contributed by atoms with van der Waals surface area (Å²) >= 11 is 7.64. The summed E-state index contributed by atoms with van der Waals surface area (Å²) in [6.45, 7) is 6.42. The van der Waals surface area contributed by atoms with Gasteiger partial charge in [-0.05, 0) is 36.8 Å². The molecule has 5 rings (SSSR count). The number of benzene rings is 2. The Balaban J connectivity index is 1.18. The van der Waals surface area contributed by atoms with Crippen LogP contribution < -0.4 is 9.80 Å². The van der Waals surface area contributed by atoms with Crippen LogP contribution in [-0.2, 0) is 4.79 Å². The van der Waals surface area contributed by atoms with Crippen LogP contribution in [0.15, 0.2) is 36.4 Å². The van der Waals surface area contributed by atoms with E-state index in [2.05, 4.69) is 21.7 Å². The lowest BCUT2D eigenvalue weighted by Crippen LogP contribution is -2.58. The molecule has 0 saturated carbocycles. The van der Waals surface area contributed by atoms with E-state index in [1.807, 2.05) is 29.2 Å². The van der Waals surface area contributed by atoms with Gasteiger partial charge in [0, 0.05) is 50.0 Å². The van der Waals surface area contributed by atoms with Gasteiger partial charge in [0.05, 0.1) is 10.6 Å². The van der Waals surface area contributed by atoms with Gasteiger partial charge in [0.1, 0.15) is 11.3 Å². The van der Waals surface area contributed by atoms with E-state index in [9.17, 15) is 9.18 Å². The maximum Gasteiger partial charge on any atom is 0.229 e. The summed E-state index contributed by atoms with van der Waals surface area (Å²) in [7, 11) is 0. The van der Waals surface area contributed by atoms with Gasteiger partial charge in [-0.1, -0.05) is 35.1 Å². The van der Waals surface area contributed by atoms with Gasteiger partial charge in [-0.3, -0.25) is 4.79 Å². The minimum absolute atomic E-state index is 0.0127. The van der Waals surface area contributed by atoms with Crippen molar-refractivity contribution >= 4 is 49.9 Å². The molecule has 3 heterocycles. The summed E-state index contributed by atoms with van der Waals surface area (Å²) in [5, 5.41) is 1.53. The fourth-order valence-electron chi connectivity index (χ4n) is 4.18. The second-order valence-electron chi connectivity index (χ2n) is 7.93. The van der Waals surface area contributed by atoms with Crippen molar-refractivity contribution in [1.82, 2.24) is 9.88 Å². The maximum atomic E-state index is 13.9. The van der Waals surface area contributed by atoms with Crippen LogP contribution in [-0.4, -0.2) is 55.1 Å². The van der Waals surface area contributed by atoms with Crippen LogP contribution in [0.4, 0.5) is 15.2 Å². The van der Waals surface area contributed by atoms with Crippen molar-refractivity contribution < 1.29 is 9.18 Å². The number of para-hydroxylation sites is 1. The van der Waals surface area contributed by atoms with Gasteiger partial charge >= 0.3 is 0 Å². The molecule has 0 radical (unpaired) electrons. The van der Waals surface area contributed by atoms with E-state index in [0.717, 1.165) is 33.6 Å². The standard InChI is InChI=1S/C22H22ClFN4OS/c1-14-5-6-16(23)11-18(14)26-7-9-27(10-8-26)21(29)15-12-28(13-15)22-25-20-17(24)3-2-4-19(20)30-22/h2-6,11,15H,7-10,12-13H2,1H3. The first-order valence-corrected chi connectivity index (χ1v) is 11.3. The number of carbonyl (C=O) groups excluding carboxylic acids is 1. The van der Waals surface area contributed by atoms with E-state index in [0.29, 0.717) is 31.7 Å². The monoisotopic (exact) mass is 444 g/mol. The van der Waals surface area contributed by atoms with Crippen molar-refractivity contribution in [2.45, 2.75) is 6.92 Å². The molecule has 0 N–H and O–H groups in total. The summed E-state index contributed by atoms with van der Waals surface area (Å²) in [6.07, 6.45) is 0. The summed E-state index contributed by atoms with van der Waals surface area (Å²) in [5.74, 6) is -0.0988. The number of hydrogen-bond acceptors (Lipinski definition) is 5. The Hall–Kier alpha value is -2.38. The predicted molar refractivity (Wildman–Crippen MR) is 120 cm³/mol. The first-order chi connectivity index (χ1) is 14.5. The molecule has 8 heteroatoms. The Bertz CT molecular complexity index is 1110. The van der Waals surface area contributed by atoms with Gasteiger partial charge in [0.15, 0.2) is 5.13 Å². The molecular weight excluding hydrogens is 423 g/mol. The second kappa shape index (κ2) is 7.71. The molecule has 1 amide bonds. The minimum Gasteiger partial charge on any atom is -0.368 e. The number of anilines is 2. The van der Waals surface area contributed by atoms with Crippen molar-refractivity contribution in [3.63, 3.8) is 0 Å². The smallest absolute Gasteiger partial charge is 0.229 e.